The average Bonchev–Trinajstić information content (AvgIpc) is 2.71. The van der Waals surface area contributed by atoms with E-state index in [0.717, 1.165) is 27.5 Å². The van der Waals surface area contributed by atoms with E-state index in [9.17, 15) is 4.79 Å². The van der Waals surface area contributed by atoms with E-state index in [-0.39, 0.29) is 11.9 Å². The fourth-order valence-electron chi connectivity index (χ4n) is 3.35. The Hall–Kier alpha value is -2.42. The predicted molar refractivity (Wildman–Crippen MR) is 115 cm³/mol. The number of nitrogens with zero attached hydrogens (tertiary/aromatic N) is 3. The van der Waals surface area contributed by atoms with Crippen LogP contribution in [0.2, 0.25) is 5.02 Å². The first-order valence-corrected chi connectivity index (χ1v) is 10.6. The van der Waals surface area contributed by atoms with Gasteiger partial charge in [-0.15, -0.1) is 0 Å². The lowest BCUT2D eigenvalue weighted by atomic mass is 9.94. The molecule has 3 N–H and O–H groups in total. The summed E-state index contributed by atoms with van der Waals surface area (Å²) in [5.74, 6) is 1.22. The molecule has 0 aliphatic carbocycles. The molecule has 4 rings (SSSR count). The van der Waals surface area contributed by atoms with Crippen molar-refractivity contribution in [2.45, 2.75) is 31.7 Å². The molecular formula is C20H20ClN5O2S. The number of thioether (sulfide) groups is 1. The van der Waals surface area contributed by atoms with E-state index in [1.807, 2.05) is 25.1 Å². The summed E-state index contributed by atoms with van der Waals surface area (Å²) in [5, 5.41) is 5.98. The number of nitrogen functional groups attached to an aromatic ring is 1. The Balaban J connectivity index is 1.70. The van der Waals surface area contributed by atoms with E-state index in [0.29, 0.717) is 47.9 Å². The summed E-state index contributed by atoms with van der Waals surface area (Å²) in [6, 6.07) is 7.96. The first kappa shape index (κ1) is 19.9. The number of amides is 1. The number of aromatic nitrogens is 3. The van der Waals surface area contributed by atoms with Crippen molar-refractivity contribution < 1.29 is 9.53 Å². The van der Waals surface area contributed by atoms with Crippen LogP contribution in [-0.4, -0.2) is 33.2 Å². The van der Waals surface area contributed by atoms with Gasteiger partial charge in [-0.25, -0.2) is 4.98 Å². The molecule has 1 aliphatic heterocycles. The number of hydrogen-bond donors (Lipinski definition) is 2. The number of nitrogens with one attached hydrogen (secondary N) is 1. The third kappa shape index (κ3) is 4.14. The van der Waals surface area contributed by atoms with Crippen LogP contribution in [0.1, 0.15) is 24.5 Å². The Labute approximate surface area is 177 Å². The number of hydrogen-bond acceptors (Lipinski definition) is 7. The Morgan fingerprint density at radius 2 is 2.10 bits per heavy atom. The summed E-state index contributed by atoms with van der Waals surface area (Å²) in [6.07, 6.45) is 0.460. The van der Waals surface area contributed by atoms with Crippen LogP contribution in [0.4, 0.5) is 5.95 Å². The van der Waals surface area contributed by atoms with Crippen LogP contribution in [0, 0.1) is 0 Å². The molecule has 1 aromatic heterocycles. The molecule has 1 aliphatic rings. The molecule has 0 spiro atoms. The van der Waals surface area contributed by atoms with Crippen LogP contribution in [-0.2, 0) is 22.7 Å². The highest BCUT2D eigenvalue weighted by atomic mass is 35.5. The molecule has 0 atom stereocenters. The van der Waals surface area contributed by atoms with E-state index in [1.165, 1.54) is 11.8 Å². The molecule has 9 heteroatoms. The first-order valence-electron chi connectivity index (χ1n) is 9.29. The maximum absolute atomic E-state index is 11.4. The van der Waals surface area contributed by atoms with Gasteiger partial charge in [-0.2, -0.15) is 9.97 Å². The van der Waals surface area contributed by atoms with Crippen LogP contribution in [0.25, 0.3) is 22.2 Å². The zero-order valence-electron chi connectivity index (χ0n) is 15.9. The maximum atomic E-state index is 11.4. The lowest BCUT2D eigenvalue weighted by Gasteiger charge is -2.20. The van der Waals surface area contributed by atoms with Crippen molar-refractivity contribution >= 4 is 46.0 Å². The van der Waals surface area contributed by atoms with Crippen molar-refractivity contribution in [3.05, 3.63) is 40.4 Å². The highest BCUT2D eigenvalue weighted by Gasteiger charge is 2.20. The number of ether oxygens (including phenoxy) is 1. The molecule has 2 heterocycles. The number of halogens is 1. The van der Waals surface area contributed by atoms with Gasteiger partial charge in [0.1, 0.15) is 0 Å². The Bertz CT molecular complexity index is 1090. The fourth-order valence-corrected chi connectivity index (χ4v) is 4.37. The van der Waals surface area contributed by atoms with Gasteiger partial charge < -0.3 is 15.8 Å². The summed E-state index contributed by atoms with van der Waals surface area (Å²) < 4.78 is 5.65. The lowest BCUT2D eigenvalue weighted by molar-refractivity contribution is -0.120. The molecule has 0 fully saturated rings. The summed E-state index contributed by atoms with van der Waals surface area (Å²) in [5.41, 5.74) is 8.86. The van der Waals surface area contributed by atoms with Crippen LogP contribution in [0.3, 0.4) is 0 Å². The van der Waals surface area contributed by atoms with Gasteiger partial charge in [0.05, 0.1) is 18.2 Å². The second-order valence-electron chi connectivity index (χ2n) is 6.58. The third-order valence-corrected chi connectivity index (χ3v) is 5.78. The van der Waals surface area contributed by atoms with Gasteiger partial charge >= 0.3 is 0 Å². The number of nitrogens with two attached hydrogens (primary N) is 1. The van der Waals surface area contributed by atoms with Crippen LogP contribution >= 0.6 is 23.4 Å². The molecule has 7 nitrogen and oxygen atoms in total. The molecule has 0 radical (unpaired) electrons. The van der Waals surface area contributed by atoms with Crippen LogP contribution in [0.15, 0.2) is 29.4 Å². The van der Waals surface area contributed by atoms with Gasteiger partial charge in [-0.3, -0.25) is 4.79 Å². The second-order valence-corrected chi connectivity index (χ2v) is 8.05. The SMILES string of the molecule is CCC(=O)NCCSc1nc(N)nc(-c2c(Cl)cc3c4c(cccc24)COC3)n1. The van der Waals surface area contributed by atoms with Crippen LogP contribution in [0.5, 0.6) is 0 Å². The van der Waals surface area contributed by atoms with Gasteiger partial charge in [0.15, 0.2) is 11.0 Å². The number of rotatable bonds is 6. The van der Waals surface area contributed by atoms with E-state index in [4.69, 9.17) is 22.1 Å². The van der Waals surface area contributed by atoms with Crippen molar-refractivity contribution in [1.82, 2.24) is 20.3 Å². The summed E-state index contributed by atoms with van der Waals surface area (Å²) in [7, 11) is 0. The van der Waals surface area contributed by atoms with Gasteiger partial charge in [0.2, 0.25) is 11.9 Å². The van der Waals surface area contributed by atoms with Crippen molar-refractivity contribution in [2.24, 2.45) is 0 Å². The minimum atomic E-state index is 0.0148. The molecular weight excluding hydrogens is 410 g/mol. The van der Waals surface area contributed by atoms with Crippen molar-refractivity contribution in [3.8, 4) is 11.4 Å². The van der Waals surface area contributed by atoms with Gasteiger partial charge in [-0.1, -0.05) is 48.5 Å². The normalized spacial score (nSPS) is 12.9. The maximum Gasteiger partial charge on any atom is 0.224 e. The fraction of sp³-hybridized carbons (Fsp3) is 0.300. The molecule has 0 saturated heterocycles. The number of carbonyl (C=O) groups excluding carboxylic acids is 1. The van der Waals surface area contributed by atoms with E-state index < -0.39 is 0 Å². The monoisotopic (exact) mass is 429 g/mol. The molecule has 0 unspecified atom stereocenters. The molecule has 29 heavy (non-hydrogen) atoms. The highest BCUT2D eigenvalue weighted by Crippen LogP contribution is 2.39. The Kier molecular flexibility index (Phi) is 5.84. The van der Waals surface area contributed by atoms with Crippen molar-refractivity contribution in [1.29, 1.82) is 0 Å². The predicted octanol–water partition coefficient (Wildman–Crippen LogP) is 3.58. The topological polar surface area (TPSA) is 103 Å². The smallest absolute Gasteiger partial charge is 0.224 e. The Morgan fingerprint density at radius 1 is 1.28 bits per heavy atom. The summed E-state index contributed by atoms with van der Waals surface area (Å²) in [6.45, 7) is 3.43. The molecule has 3 aromatic rings. The minimum Gasteiger partial charge on any atom is -0.372 e. The van der Waals surface area contributed by atoms with Crippen LogP contribution < -0.4 is 11.1 Å². The average molecular weight is 430 g/mol. The molecule has 0 saturated carbocycles. The molecule has 1 amide bonds. The van der Waals surface area contributed by atoms with Crippen molar-refractivity contribution in [2.75, 3.05) is 18.0 Å². The zero-order chi connectivity index (χ0) is 20.4. The Morgan fingerprint density at radius 3 is 2.93 bits per heavy atom. The summed E-state index contributed by atoms with van der Waals surface area (Å²) in [4.78, 5) is 24.5. The first-order chi connectivity index (χ1) is 14.1. The van der Waals surface area contributed by atoms with E-state index >= 15 is 0 Å². The highest BCUT2D eigenvalue weighted by molar-refractivity contribution is 7.99. The van der Waals surface area contributed by atoms with E-state index in [2.05, 4.69) is 26.3 Å². The number of benzene rings is 2. The van der Waals surface area contributed by atoms with Crippen molar-refractivity contribution in [3.63, 3.8) is 0 Å². The second kappa shape index (κ2) is 8.52. The standard InChI is InChI=1S/C20H20ClN5O2S/c1-2-15(27)23-6-7-29-20-25-18(24-19(22)26-20)17-13-5-3-4-11-9-28-10-12(16(11)13)8-14(17)21/h3-5,8H,2,6-7,9-10H2,1H3,(H,23,27)(H2,22,24,25,26). The third-order valence-electron chi connectivity index (χ3n) is 4.63. The molecule has 150 valence electrons. The van der Waals surface area contributed by atoms with Gasteiger partial charge in [0.25, 0.3) is 0 Å². The molecule has 2 aromatic carbocycles. The molecule has 0 bridgehead atoms. The van der Waals surface area contributed by atoms with Gasteiger partial charge in [0, 0.05) is 24.3 Å². The quantitative estimate of drug-likeness (QED) is 0.456. The zero-order valence-corrected chi connectivity index (χ0v) is 17.4. The minimum absolute atomic E-state index is 0.0148. The van der Waals surface area contributed by atoms with Gasteiger partial charge in [-0.05, 0) is 28.0 Å². The lowest BCUT2D eigenvalue weighted by Crippen LogP contribution is -2.24. The number of carbonyl (C=O) groups is 1. The number of anilines is 1. The largest absolute Gasteiger partial charge is 0.372 e. The van der Waals surface area contributed by atoms with E-state index in [1.54, 1.807) is 0 Å². The summed E-state index contributed by atoms with van der Waals surface area (Å²) >= 11 is 8.04.